The molecule has 3 aromatic rings. The molecule has 0 spiro atoms. The van der Waals surface area contributed by atoms with Gasteiger partial charge in [0.2, 0.25) is 12.5 Å². The smallest absolute Gasteiger partial charge is 0.231 e. The minimum absolute atomic E-state index is 0.0546. The summed E-state index contributed by atoms with van der Waals surface area (Å²) < 4.78 is 41.3. The summed E-state index contributed by atoms with van der Waals surface area (Å²) in [7, 11) is 2.85. The standard InChI is InChI=1S/C24H22O7S/c1-14-5-7-16(8-6-14)32(26)21-11-19-18(30-13-31-19)10-17(21)22-15(12-25)9-20(27-2)23(28-3)24(22)29-4/h5-12H,13H2,1-4H3. The largest absolute Gasteiger partial charge is 0.493 e. The lowest BCUT2D eigenvalue weighted by molar-refractivity contribution is 0.112. The average Bonchev–Trinajstić information content (AvgIpc) is 3.29. The van der Waals surface area contributed by atoms with E-state index in [0.717, 1.165) is 5.56 Å². The van der Waals surface area contributed by atoms with Crippen LogP contribution in [0.25, 0.3) is 11.1 Å². The molecule has 1 aliphatic rings. The molecule has 7 nitrogen and oxygen atoms in total. The summed E-state index contributed by atoms with van der Waals surface area (Å²) in [6.07, 6.45) is 0.697. The first-order valence-electron chi connectivity index (χ1n) is 9.73. The normalized spacial score (nSPS) is 12.9. The Morgan fingerprint density at radius 1 is 0.906 bits per heavy atom. The van der Waals surface area contributed by atoms with Crippen LogP contribution in [-0.2, 0) is 10.8 Å². The highest BCUT2D eigenvalue weighted by atomic mass is 32.2. The highest BCUT2D eigenvalue weighted by Crippen LogP contribution is 2.50. The maximum Gasteiger partial charge on any atom is 0.231 e. The zero-order chi connectivity index (χ0) is 22.8. The van der Waals surface area contributed by atoms with E-state index in [9.17, 15) is 9.00 Å². The van der Waals surface area contributed by atoms with E-state index in [1.165, 1.54) is 21.3 Å². The minimum Gasteiger partial charge on any atom is -0.493 e. The van der Waals surface area contributed by atoms with Crippen LogP contribution in [0.4, 0.5) is 0 Å². The molecule has 0 N–H and O–H groups in total. The molecule has 0 bridgehead atoms. The van der Waals surface area contributed by atoms with Gasteiger partial charge in [0.25, 0.3) is 0 Å². The van der Waals surface area contributed by atoms with Crippen LogP contribution in [0.15, 0.2) is 52.3 Å². The van der Waals surface area contributed by atoms with E-state index < -0.39 is 10.8 Å². The van der Waals surface area contributed by atoms with Crippen molar-refractivity contribution in [1.82, 2.24) is 0 Å². The van der Waals surface area contributed by atoms with Crippen LogP contribution in [0.1, 0.15) is 15.9 Å². The SMILES string of the molecule is COc1cc(C=O)c(-c2cc3c(cc2S(=O)c2ccc(C)cc2)OCO3)c(OC)c1OC. The van der Waals surface area contributed by atoms with Crippen molar-refractivity contribution in [2.45, 2.75) is 16.7 Å². The third-order valence-corrected chi connectivity index (χ3v) is 6.60. The molecule has 166 valence electrons. The summed E-state index contributed by atoms with van der Waals surface area (Å²) in [5.41, 5.74) is 2.28. The van der Waals surface area contributed by atoms with E-state index in [1.54, 1.807) is 18.2 Å². The molecule has 1 aliphatic heterocycles. The Bertz CT molecular complexity index is 1200. The second-order valence-electron chi connectivity index (χ2n) is 7.01. The number of hydrogen-bond donors (Lipinski definition) is 0. The molecule has 0 amide bonds. The zero-order valence-electron chi connectivity index (χ0n) is 18.1. The minimum atomic E-state index is -1.57. The highest BCUT2D eigenvalue weighted by molar-refractivity contribution is 7.85. The van der Waals surface area contributed by atoms with Gasteiger partial charge in [-0.05, 0) is 31.2 Å². The van der Waals surface area contributed by atoms with Gasteiger partial charge < -0.3 is 23.7 Å². The lowest BCUT2D eigenvalue weighted by atomic mass is 9.97. The molecule has 32 heavy (non-hydrogen) atoms. The second-order valence-corrected chi connectivity index (χ2v) is 8.46. The summed E-state index contributed by atoms with van der Waals surface area (Å²) in [4.78, 5) is 13.1. The van der Waals surface area contributed by atoms with Crippen LogP contribution >= 0.6 is 0 Å². The van der Waals surface area contributed by atoms with E-state index in [-0.39, 0.29) is 12.5 Å². The number of hydrogen-bond acceptors (Lipinski definition) is 7. The first-order chi connectivity index (χ1) is 15.5. The number of fused-ring (bicyclic) bond motifs is 1. The van der Waals surface area contributed by atoms with Gasteiger partial charge in [-0.25, -0.2) is 4.21 Å². The molecule has 1 unspecified atom stereocenters. The Hall–Kier alpha value is -3.52. The fourth-order valence-corrected chi connectivity index (χ4v) is 4.82. The van der Waals surface area contributed by atoms with Crippen LogP contribution in [0.5, 0.6) is 28.7 Å². The topological polar surface area (TPSA) is 80.3 Å². The number of aryl methyl sites for hydroxylation is 1. The van der Waals surface area contributed by atoms with Crippen LogP contribution < -0.4 is 23.7 Å². The molecule has 0 saturated heterocycles. The molecule has 4 rings (SSSR count). The van der Waals surface area contributed by atoms with Gasteiger partial charge in [-0.15, -0.1) is 0 Å². The van der Waals surface area contributed by atoms with Gasteiger partial charge in [-0.2, -0.15) is 0 Å². The van der Waals surface area contributed by atoms with E-state index in [0.29, 0.717) is 55.8 Å². The van der Waals surface area contributed by atoms with Crippen LogP contribution in [0.2, 0.25) is 0 Å². The average molecular weight is 455 g/mol. The molecule has 0 aliphatic carbocycles. The Morgan fingerprint density at radius 2 is 1.56 bits per heavy atom. The highest BCUT2D eigenvalue weighted by Gasteiger charge is 2.28. The Balaban J connectivity index is 2.03. The molecular weight excluding hydrogens is 432 g/mol. The summed E-state index contributed by atoms with van der Waals surface area (Å²) in [5, 5.41) is 0. The van der Waals surface area contributed by atoms with E-state index in [1.807, 2.05) is 31.2 Å². The Kier molecular flexibility index (Phi) is 6.05. The molecular formula is C24H22O7S. The molecule has 1 heterocycles. The molecule has 3 aromatic carbocycles. The van der Waals surface area contributed by atoms with Gasteiger partial charge in [-0.1, -0.05) is 17.7 Å². The van der Waals surface area contributed by atoms with E-state index in [2.05, 4.69) is 0 Å². The van der Waals surface area contributed by atoms with Gasteiger partial charge in [-0.3, -0.25) is 4.79 Å². The quantitative estimate of drug-likeness (QED) is 0.490. The van der Waals surface area contributed by atoms with Crippen molar-refractivity contribution in [3.63, 3.8) is 0 Å². The van der Waals surface area contributed by atoms with Gasteiger partial charge in [0.05, 0.1) is 37.0 Å². The Morgan fingerprint density at radius 3 is 2.16 bits per heavy atom. The monoisotopic (exact) mass is 454 g/mol. The number of methoxy groups -OCH3 is 3. The van der Waals surface area contributed by atoms with Crippen LogP contribution in [0.3, 0.4) is 0 Å². The van der Waals surface area contributed by atoms with Crippen molar-refractivity contribution in [3.8, 4) is 39.9 Å². The van der Waals surface area contributed by atoms with Gasteiger partial charge in [0.1, 0.15) is 0 Å². The zero-order valence-corrected chi connectivity index (χ0v) is 18.9. The fraction of sp³-hybridized carbons (Fsp3) is 0.208. The van der Waals surface area contributed by atoms with Gasteiger partial charge >= 0.3 is 0 Å². The maximum absolute atomic E-state index is 13.7. The van der Waals surface area contributed by atoms with Crippen molar-refractivity contribution in [2.24, 2.45) is 0 Å². The van der Waals surface area contributed by atoms with Crippen molar-refractivity contribution >= 4 is 17.1 Å². The third kappa shape index (κ3) is 3.67. The first kappa shape index (κ1) is 21.7. The lowest BCUT2D eigenvalue weighted by Crippen LogP contribution is -2.03. The lowest BCUT2D eigenvalue weighted by Gasteiger charge is -2.20. The van der Waals surface area contributed by atoms with Crippen molar-refractivity contribution in [1.29, 1.82) is 0 Å². The number of carbonyl (C=O) groups is 1. The van der Waals surface area contributed by atoms with Gasteiger partial charge in [0.15, 0.2) is 29.3 Å². The molecule has 0 fully saturated rings. The molecule has 0 saturated carbocycles. The summed E-state index contributed by atoms with van der Waals surface area (Å²) >= 11 is 0. The first-order valence-corrected chi connectivity index (χ1v) is 10.9. The second kappa shape index (κ2) is 8.92. The summed E-state index contributed by atoms with van der Waals surface area (Å²) in [6, 6.07) is 12.4. The van der Waals surface area contributed by atoms with Crippen LogP contribution in [-0.4, -0.2) is 38.6 Å². The molecule has 8 heteroatoms. The number of ether oxygens (including phenoxy) is 5. The molecule has 0 aromatic heterocycles. The summed E-state index contributed by atoms with van der Waals surface area (Å²) in [6.45, 7) is 2.02. The fourth-order valence-electron chi connectivity index (χ4n) is 3.61. The molecule has 0 radical (unpaired) electrons. The van der Waals surface area contributed by atoms with Gasteiger partial charge in [0, 0.05) is 27.7 Å². The molecule has 1 atom stereocenters. The predicted molar refractivity (Wildman–Crippen MR) is 119 cm³/mol. The Labute approximate surface area is 188 Å². The number of carbonyl (C=O) groups excluding carboxylic acids is 1. The number of rotatable bonds is 7. The van der Waals surface area contributed by atoms with Crippen molar-refractivity contribution in [3.05, 3.63) is 53.6 Å². The van der Waals surface area contributed by atoms with Crippen molar-refractivity contribution in [2.75, 3.05) is 28.1 Å². The maximum atomic E-state index is 13.7. The number of benzene rings is 3. The van der Waals surface area contributed by atoms with Crippen LogP contribution in [0, 0.1) is 6.92 Å². The summed E-state index contributed by atoms with van der Waals surface area (Å²) in [5.74, 6) is 1.92. The predicted octanol–water partition coefficient (Wildman–Crippen LogP) is 4.40. The van der Waals surface area contributed by atoms with E-state index >= 15 is 0 Å². The third-order valence-electron chi connectivity index (χ3n) is 5.17. The number of aldehydes is 1. The van der Waals surface area contributed by atoms with Crippen molar-refractivity contribution < 1.29 is 32.7 Å². The van der Waals surface area contributed by atoms with E-state index in [4.69, 9.17) is 23.7 Å².